The van der Waals surface area contributed by atoms with Crippen molar-refractivity contribution in [3.05, 3.63) is 0 Å². The van der Waals surface area contributed by atoms with Crippen molar-refractivity contribution in [2.45, 2.75) is 20.3 Å². The number of carbonyl (C=O) groups excluding carboxylic acids is 1. The Balaban J connectivity index is 2.16. The van der Waals surface area contributed by atoms with E-state index in [1.54, 1.807) is 0 Å². The molecule has 1 amide bonds. The molecule has 0 saturated carbocycles. The van der Waals surface area contributed by atoms with Crippen molar-refractivity contribution in [2.24, 2.45) is 17.1 Å². The quantitative estimate of drug-likeness (QED) is 0.662. The molecule has 0 aromatic carbocycles. The fraction of sp³-hybridized carbons (Fsp3) is 0.900. The van der Waals surface area contributed by atoms with Gasteiger partial charge in [-0.25, -0.2) is 0 Å². The zero-order valence-electron chi connectivity index (χ0n) is 9.01. The Kier molecular flexibility index (Phi) is 3.89. The van der Waals surface area contributed by atoms with Gasteiger partial charge < -0.3 is 15.8 Å². The summed E-state index contributed by atoms with van der Waals surface area (Å²) >= 11 is 0. The van der Waals surface area contributed by atoms with Crippen LogP contribution in [-0.4, -0.2) is 32.2 Å². The number of hydrogen-bond donors (Lipinski definition) is 2. The lowest BCUT2D eigenvalue weighted by atomic mass is 9.92. The molecule has 1 atom stereocenters. The average molecular weight is 200 g/mol. The number of nitrogens with two attached hydrogens (primary N) is 1. The molecule has 0 aromatic rings. The number of amides is 1. The maximum atomic E-state index is 11.0. The van der Waals surface area contributed by atoms with Gasteiger partial charge >= 0.3 is 0 Å². The molecule has 1 saturated heterocycles. The molecule has 1 aliphatic rings. The standard InChI is InChI=1S/C10H20N2O2/c1-10(2,9(11)13)7-12-5-8-3-4-14-6-8/h8,12H,3-7H2,1-2H3,(H2,11,13). The summed E-state index contributed by atoms with van der Waals surface area (Å²) in [5, 5.41) is 3.27. The molecule has 4 heteroatoms. The van der Waals surface area contributed by atoms with Crippen LogP contribution in [0, 0.1) is 11.3 Å². The molecule has 4 nitrogen and oxygen atoms in total. The van der Waals surface area contributed by atoms with Gasteiger partial charge in [0.05, 0.1) is 12.0 Å². The highest BCUT2D eigenvalue weighted by atomic mass is 16.5. The smallest absolute Gasteiger partial charge is 0.224 e. The first-order valence-electron chi connectivity index (χ1n) is 5.11. The van der Waals surface area contributed by atoms with E-state index >= 15 is 0 Å². The van der Waals surface area contributed by atoms with E-state index in [2.05, 4.69) is 5.32 Å². The Bertz CT molecular complexity index is 198. The average Bonchev–Trinajstić information content (AvgIpc) is 2.56. The highest BCUT2D eigenvalue weighted by Crippen LogP contribution is 2.14. The van der Waals surface area contributed by atoms with E-state index in [-0.39, 0.29) is 5.91 Å². The van der Waals surface area contributed by atoms with E-state index in [4.69, 9.17) is 10.5 Å². The number of nitrogens with one attached hydrogen (secondary N) is 1. The normalized spacial score (nSPS) is 22.6. The first-order valence-corrected chi connectivity index (χ1v) is 5.11. The van der Waals surface area contributed by atoms with E-state index in [9.17, 15) is 4.79 Å². The van der Waals surface area contributed by atoms with E-state index < -0.39 is 5.41 Å². The zero-order chi connectivity index (χ0) is 10.6. The SMILES string of the molecule is CC(C)(CNCC1CCOC1)C(N)=O. The molecule has 1 aliphatic heterocycles. The third-order valence-electron chi connectivity index (χ3n) is 2.69. The van der Waals surface area contributed by atoms with E-state index in [1.165, 1.54) is 0 Å². The lowest BCUT2D eigenvalue weighted by molar-refractivity contribution is -0.125. The maximum absolute atomic E-state index is 11.0. The van der Waals surface area contributed by atoms with Gasteiger partial charge in [-0.05, 0) is 26.2 Å². The van der Waals surface area contributed by atoms with Crippen molar-refractivity contribution in [2.75, 3.05) is 26.3 Å². The second kappa shape index (κ2) is 4.75. The van der Waals surface area contributed by atoms with Gasteiger partial charge in [-0.1, -0.05) is 0 Å². The fourth-order valence-corrected chi connectivity index (χ4v) is 1.42. The first kappa shape index (κ1) is 11.5. The summed E-state index contributed by atoms with van der Waals surface area (Å²) in [5.74, 6) is 0.339. The van der Waals surface area contributed by atoms with Gasteiger partial charge in [0.2, 0.25) is 5.91 Å². The van der Waals surface area contributed by atoms with E-state index in [1.807, 2.05) is 13.8 Å². The Morgan fingerprint density at radius 2 is 2.36 bits per heavy atom. The lowest BCUT2D eigenvalue weighted by Gasteiger charge is -2.21. The summed E-state index contributed by atoms with van der Waals surface area (Å²) in [6, 6.07) is 0. The van der Waals surface area contributed by atoms with Crippen LogP contribution in [0.25, 0.3) is 0 Å². The third-order valence-corrected chi connectivity index (χ3v) is 2.69. The van der Waals surface area contributed by atoms with Crippen LogP contribution < -0.4 is 11.1 Å². The van der Waals surface area contributed by atoms with Crippen LogP contribution in [0.3, 0.4) is 0 Å². The molecule has 1 rings (SSSR count). The summed E-state index contributed by atoms with van der Waals surface area (Å²) < 4.78 is 5.26. The van der Waals surface area contributed by atoms with Gasteiger partial charge in [-0.2, -0.15) is 0 Å². The minimum Gasteiger partial charge on any atom is -0.381 e. The number of hydrogen-bond acceptors (Lipinski definition) is 3. The molecule has 14 heavy (non-hydrogen) atoms. The summed E-state index contributed by atoms with van der Waals surface area (Å²) in [5.41, 5.74) is 4.80. The summed E-state index contributed by atoms with van der Waals surface area (Å²) in [7, 11) is 0. The van der Waals surface area contributed by atoms with Crippen LogP contribution >= 0.6 is 0 Å². The van der Waals surface area contributed by atoms with Gasteiger partial charge in [-0.15, -0.1) is 0 Å². The molecule has 0 aliphatic carbocycles. The molecule has 82 valence electrons. The molecule has 3 N–H and O–H groups in total. The number of ether oxygens (including phenoxy) is 1. The fourth-order valence-electron chi connectivity index (χ4n) is 1.42. The van der Waals surface area contributed by atoms with E-state index in [0.29, 0.717) is 12.5 Å². The largest absolute Gasteiger partial charge is 0.381 e. The second-order valence-corrected chi connectivity index (χ2v) is 4.61. The minimum atomic E-state index is -0.459. The van der Waals surface area contributed by atoms with Crippen LogP contribution in [0.1, 0.15) is 20.3 Å². The first-order chi connectivity index (χ1) is 6.52. The van der Waals surface area contributed by atoms with Crippen molar-refractivity contribution < 1.29 is 9.53 Å². The van der Waals surface area contributed by atoms with E-state index in [0.717, 1.165) is 26.2 Å². The molecule has 1 unspecified atom stereocenters. The molecule has 0 radical (unpaired) electrons. The Hall–Kier alpha value is -0.610. The summed E-state index contributed by atoms with van der Waals surface area (Å²) in [4.78, 5) is 11.0. The predicted molar refractivity (Wildman–Crippen MR) is 54.8 cm³/mol. The molecule has 0 aromatic heterocycles. The van der Waals surface area contributed by atoms with Crippen LogP contribution in [0.2, 0.25) is 0 Å². The monoisotopic (exact) mass is 200 g/mol. The zero-order valence-corrected chi connectivity index (χ0v) is 9.01. The summed E-state index contributed by atoms with van der Waals surface area (Å²) in [6.07, 6.45) is 1.12. The number of primary amides is 1. The van der Waals surface area contributed by atoms with Crippen molar-refractivity contribution in [1.29, 1.82) is 0 Å². The van der Waals surface area contributed by atoms with Gasteiger partial charge in [0, 0.05) is 19.7 Å². The Labute approximate surface area is 85.2 Å². The van der Waals surface area contributed by atoms with Crippen molar-refractivity contribution in [3.8, 4) is 0 Å². The third kappa shape index (κ3) is 3.27. The predicted octanol–water partition coefficient (Wildman–Crippen LogP) is 0.124. The Morgan fingerprint density at radius 1 is 1.64 bits per heavy atom. The van der Waals surface area contributed by atoms with Crippen LogP contribution in [-0.2, 0) is 9.53 Å². The molecule has 0 spiro atoms. The van der Waals surface area contributed by atoms with Gasteiger partial charge in [-0.3, -0.25) is 4.79 Å². The van der Waals surface area contributed by atoms with Gasteiger partial charge in [0.1, 0.15) is 0 Å². The molecular formula is C10H20N2O2. The van der Waals surface area contributed by atoms with Gasteiger partial charge in [0.15, 0.2) is 0 Å². The topological polar surface area (TPSA) is 64.3 Å². The van der Waals surface area contributed by atoms with Crippen LogP contribution in [0.5, 0.6) is 0 Å². The highest BCUT2D eigenvalue weighted by molar-refractivity contribution is 5.80. The van der Waals surface area contributed by atoms with Crippen LogP contribution in [0.4, 0.5) is 0 Å². The molecular weight excluding hydrogens is 180 g/mol. The highest BCUT2D eigenvalue weighted by Gasteiger charge is 2.25. The van der Waals surface area contributed by atoms with Crippen LogP contribution in [0.15, 0.2) is 0 Å². The molecule has 1 fully saturated rings. The van der Waals surface area contributed by atoms with Crippen molar-refractivity contribution in [3.63, 3.8) is 0 Å². The lowest BCUT2D eigenvalue weighted by Crippen LogP contribution is -2.41. The van der Waals surface area contributed by atoms with Crippen molar-refractivity contribution in [1.82, 2.24) is 5.32 Å². The minimum absolute atomic E-state index is 0.257. The molecule has 0 bridgehead atoms. The maximum Gasteiger partial charge on any atom is 0.224 e. The Morgan fingerprint density at radius 3 is 2.86 bits per heavy atom. The summed E-state index contributed by atoms with van der Waals surface area (Å²) in [6.45, 7) is 6.96. The number of carbonyl (C=O) groups is 1. The van der Waals surface area contributed by atoms with Gasteiger partial charge in [0.25, 0.3) is 0 Å². The van der Waals surface area contributed by atoms with Crippen molar-refractivity contribution >= 4 is 5.91 Å². The number of rotatable bonds is 5. The second-order valence-electron chi connectivity index (χ2n) is 4.61. The molecule has 1 heterocycles.